The second-order valence-electron chi connectivity index (χ2n) is 2.89. The van der Waals surface area contributed by atoms with Gasteiger partial charge in [0.2, 0.25) is 0 Å². The molecule has 4 heteroatoms. The standard InChI is InChI=1S/C8H14N2O2/c1-5(2)10-6(3)4-7(9)8(11)12/h4-5H,9H2,1-3H3,(H,11,12)/p+1. The maximum atomic E-state index is 10.3. The molecule has 0 rings (SSSR count). The van der Waals surface area contributed by atoms with Crippen LogP contribution in [0.3, 0.4) is 0 Å². The van der Waals surface area contributed by atoms with Crippen LogP contribution in [0.4, 0.5) is 0 Å². The summed E-state index contributed by atoms with van der Waals surface area (Å²) in [5.74, 6) is -1.10. The zero-order valence-electron chi connectivity index (χ0n) is 7.59. The fourth-order valence-corrected chi connectivity index (χ4v) is 0.792. The molecular formula is C8H15N2O2+. The molecule has 0 heterocycles. The smallest absolute Gasteiger partial charge is 0.351 e. The van der Waals surface area contributed by atoms with E-state index >= 15 is 0 Å². The van der Waals surface area contributed by atoms with Gasteiger partial charge in [-0.05, 0) is 13.8 Å². The first-order valence-corrected chi connectivity index (χ1v) is 3.74. The number of rotatable bonds is 3. The summed E-state index contributed by atoms with van der Waals surface area (Å²) >= 11 is 0. The van der Waals surface area contributed by atoms with Crippen LogP contribution in [0, 0.1) is 0 Å². The molecule has 0 aromatic rings. The number of nitrogens with two attached hydrogens (primary N) is 1. The monoisotopic (exact) mass is 171 g/mol. The fraction of sp³-hybridized carbons (Fsp3) is 0.500. The van der Waals surface area contributed by atoms with Gasteiger partial charge in [0.1, 0.15) is 11.7 Å². The highest BCUT2D eigenvalue weighted by Crippen LogP contribution is 1.82. The number of hydrogen-bond acceptors (Lipinski definition) is 2. The molecule has 0 aliphatic heterocycles. The number of aliphatic carboxylic acids is 1. The molecule has 0 atom stereocenters. The molecule has 0 aromatic carbocycles. The summed E-state index contributed by atoms with van der Waals surface area (Å²) in [5, 5.41) is 8.43. The number of carboxylic acid groups (broad SMARTS) is 1. The maximum absolute atomic E-state index is 10.3. The molecule has 0 aliphatic carbocycles. The van der Waals surface area contributed by atoms with E-state index in [1.807, 2.05) is 13.8 Å². The highest BCUT2D eigenvalue weighted by molar-refractivity contribution is 5.97. The number of nitrogens with one attached hydrogen (secondary N) is 1. The molecular weight excluding hydrogens is 156 g/mol. The fourth-order valence-electron chi connectivity index (χ4n) is 0.792. The topological polar surface area (TPSA) is 77.3 Å². The van der Waals surface area contributed by atoms with Crippen LogP contribution in [-0.4, -0.2) is 22.8 Å². The summed E-state index contributed by atoms with van der Waals surface area (Å²) in [7, 11) is 0. The summed E-state index contributed by atoms with van der Waals surface area (Å²) in [4.78, 5) is 13.3. The van der Waals surface area contributed by atoms with E-state index in [0.717, 1.165) is 5.71 Å². The summed E-state index contributed by atoms with van der Waals surface area (Å²) in [6, 6.07) is 0.280. The Morgan fingerprint density at radius 3 is 2.42 bits per heavy atom. The minimum absolute atomic E-state index is 0.152. The Kier molecular flexibility index (Phi) is 4.04. The molecule has 0 unspecified atom stereocenters. The van der Waals surface area contributed by atoms with Crippen molar-refractivity contribution in [2.45, 2.75) is 26.8 Å². The molecule has 0 fully saturated rings. The molecule has 4 N–H and O–H groups in total. The molecule has 0 radical (unpaired) electrons. The highest BCUT2D eigenvalue weighted by atomic mass is 16.4. The normalized spacial score (nSPS) is 13.7. The van der Waals surface area contributed by atoms with Crippen LogP contribution in [0.5, 0.6) is 0 Å². The number of allylic oxidation sites excluding steroid dienone is 1. The van der Waals surface area contributed by atoms with Crippen molar-refractivity contribution in [2.75, 3.05) is 0 Å². The number of hydrogen-bond donors (Lipinski definition) is 3. The van der Waals surface area contributed by atoms with E-state index in [1.54, 1.807) is 6.92 Å². The van der Waals surface area contributed by atoms with E-state index in [4.69, 9.17) is 10.8 Å². The molecule has 68 valence electrons. The van der Waals surface area contributed by atoms with Crippen molar-refractivity contribution in [3.8, 4) is 0 Å². The van der Waals surface area contributed by atoms with Crippen LogP contribution >= 0.6 is 0 Å². The van der Waals surface area contributed by atoms with E-state index in [9.17, 15) is 4.79 Å². The molecule has 4 nitrogen and oxygen atoms in total. The molecule has 0 saturated heterocycles. The minimum atomic E-state index is -1.10. The number of carbonyl (C=O) groups is 1. The molecule has 0 bridgehead atoms. The summed E-state index contributed by atoms with van der Waals surface area (Å²) < 4.78 is 0. The van der Waals surface area contributed by atoms with E-state index < -0.39 is 5.97 Å². The van der Waals surface area contributed by atoms with Gasteiger partial charge in [0, 0.05) is 13.0 Å². The van der Waals surface area contributed by atoms with Gasteiger partial charge in [-0.25, -0.2) is 9.79 Å². The van der Waals surface area contributed by atoms with E-state index in [1.165, 1.54) is 6.08 Å². The zero-order valence-corrected chi connectivity index (χ0v) is 7.59. The quantitative estimate of drug-likeness (QED) is 0.371. The van der Waals surface area contributed by atoms with Gasteiger partial charge < -0.3 is 10.8 Å². The van der Waals surface area contributed by atoms with Gasteiger partial charge in [0.15, 0.2) is 5.71 Å². The zero-order chi connectivity index (χ0) is 9.72. The van der Waals surface area contributed by atoms with Crippen molar-refractivity contribution in [3.05, 3.63) is 11.8 Å². The van der Waals surface area contributed by atoms with Gasteiger partial charge in [-0.1, -0.05) is 0 Å². The Balaban J connectivity index is 4.43. The summed E-state index contributed by atoms with van der Waals surface area (Å²) in [6.07, 6.45) is 1.41. The van der Waals surface area contributed by atoms with Crippen LogP contribution < -0.4 is 10.7 Å². The Morgan fingerprint density at radius 1 is 1.58 bits per heavy atom. The largest absolute Gasteiger partial charge is 0.477 e. The van der Waals surface area contributed by atoms with Gasteiger partial charge >= 0.3 is 5.97 Å². The SMILES string of the molecule is CC(C=C(N)C(=O)O)=[NH+]C(C)C. The van der Waals surface area contributed by atoms with Crippen molar-refractivity contribution in [1.82, 2.24) is 0 Å². The lowest BCUT2D eigenvalue weighted by Crippen LogP contribution is -2.77. The van der Waals surface area contributed by atoms with E-state index in [0.29, 0.717) is 0 Å². The maximum Gasteiger partial charge on any atom is 0.351 e. The predicted molar refractivity (Wildman–Crippen MR) is 46.7 cm³/mol. The van der Waals surface area contributed by atoms with Gasteiger partial charge in [0.25, 0.3) is 0 Å². The molecule has 0 spiro atoms. The van der Waals surface area contributed by atoms with Crippen molar-refractivity contribution < 1.29 is 14.9 Å². The third kappa shape index (κ3) is 4.49. The molecule has 0 amide bonds. The molecule has 12 heavy (non-hydrogen) atoms. The Bertz CT molecular complexity index is 229. The summed E-state index contributed by atoms with van der Waals surface area (Å²) in [5.41, 5.74) is 5.80. The Labute approximate surface area is 71.8 Å². The van der Waals surface area contributed by atoms with Crippen molar-refractivity contribution in [3.63, 3.8) is 0 Å². The molecule has 0 saturated carbocycles. The lowest BCUT2D eigenvalue weighted by atomic mass is 10.3. The van der Waals surface area contributed by atoms with Crippen LogP contribution in [0.2, 0.25) is 0 Å². The first kappa shape index (κ1) is 10.7. The third-order valence-corrected chi connectivity index (χ3v) is 1.14. The third-order valence-electron chi connectivity index (χ3n) is 1.14. The molecule has 0 aromatic heterocycles. The summed E-state index contributed by atoms with van der Waals surface area (Å²) in [6.45, 7) is 5.71. The second kappa shape index (κ2) is 4.54. The first-order valence-electron chi connectivity index (χ1n) is 3.74. The lowest BCUT2D eigenvalue weighted by Gasteiger charge is -1.92. The average Bonchev–Trinajstić information content (AvgIpc) is 1.84. The van der Waals surface area contributed by atoms with Crippen LogP contribution in [-0.2, 0) is 4.79 Å². The minimum Gasteiger partial charge on any atom is -0.477 e. The van der Waals surface area contributed by atoms with E-state index in [-0.39, 0.29) is 11.7 Å². The van der Waals surface area contributed by atoms with Gasteiger partial charge in [-0.15, -0.1) is 0 Å². The molecule has 0 aliphatic rings. The van der Waals surface area contributed by atoms with Gasteiger partial charge in [-0.2, -0.15) is 0 Å². The van der Waals surface area contributed by atoms with Crippen molar-refractivity contribution in [1.29, 1.82) is 0 Å². The lowest BCUT2D eigenvalue weighted by molar-refractivity contribution is -0.492. The van der Waals surface area contributed by atoms with E-state index in [2.05, 4.69) is 4.99 Å². The Hall–Kier alpha value is -1.32. The Morgan fingerprint density at radius 2 is 2.08 bits per heavy atom. The predicted octanol–water partition coefficient (Wildman–Crippen LogP) is -1.14. The van der Waals surface area contributed by atoms with Gasteiger partial charge in [0.05, 0.1) is 0 Å². The highest BCUT2D eigenvalue weighted by Gasteiger charge is 2.04. The van der Waals surface area contributed by atoms with Crippen LogP contribution in [0.15, 0.2) is 11.8 Å². The van der Waals surface area contributed by atoms with Crippen LogP contribution in [0.1, 0.15) is 20.8 Å². The van der Waals surface area contributed by atoms with Crippen molar-refractivity contribution >= 4 is 11.7 Å². The first-order chi connectivity index (χ1) is 5.43. The van der Waals surface area contributed by atoms with Gasteiger partial charge in [-0.3, -0.25) is 0 Å². The number of carboxylic acids is 1. The van der Waals surface area contributed by atoms with Crippen molar-refractivity contribution in [2.24, 2.45) is 5.73 Å². The van der Waals surface area contributed by atoms with Crippen LogP contribution in [0.25, 0.3) is 0 Å². The second-order valence-corrected chi connectivity index (χ2v) is 2.89. The average molecular weight is 171 g/mol.